The Labute approximate surface area is 219 Å². The molecule has 0 spiro atoms. The Kier molecular flexibility index (Phi) is 9.11. The summed E-state index contributed by atoms with van der Waals surface area (Å²) in [7, 11) is 3.58. The van der Waals surface area contributed by atoms with E-state index in [9.17, 15) is 4.79 Å². The molecule has 6 nitrogen and oxygen atoms in total. The van der Waals surface area contributed by atoms with E-state index in [1.165, 1.54) is 22.3 Å². The van der Waals surface area contributed by atoms with Crippen LogP contribution < -0.4 is 10.1 Å². The second-order valence-corrected chi connectivity index (χ2v) is 9.26. The van der Waals surface area contributed by atoms with E-state index in [0.29, 0.717) is 13.0 Å². The molecule has 37 heavy (non-hydrogen) atoms. The van der Waals surface area contributed by atoms with E-state index >= 15 is 0 Å². The van der Waals surface area contributed by atoms with E-state index in [1.54, 1.807) is 19.0 Å². The lowest BCUT2D eigenvalue weighted by Crippen LogP contribution is -2.25. The lowest BCUT2D eigenvalue weighted by molar-refractivity contribution is -0.128. The standard InChI is InChI=1S/C31H36N4O2/c1-4-28(23-9-6-5-7-10-23)31(25-14-17-29-26(21-25)22-33-34-29)24-12-15-27(16-13-24)37-20-19-32-18-8-11-30(36)35(2)3/h5-7,9-10,12-17,21-22,32H,4,8,11,18-20H2,1-3H3,(H,33,34)/b31-28+. The Hall–Kier alpha value is -3.90. The smallest absolute Gasteiger partial charge is 0.222 e. The largest absolute Gasteiger partial charge is 0.492 e. The zero-order chi connectivity index (χ0) is 26.0. The fourth-order valence-electron chi connectivity index (χ4n) is 4.45. The van der Waals surface area contributed by atoms with Gasteiger partial charge in [0.1, 0.15) is 12.4 Å². The molecule has 3 aromatic carbocycles. The average molecular weight is 497 g/mol. The van der Waals surface area contributed by atoms with Crippen molar-refractivity contribution in [2.45, 2.75) is 26.2 Å². The zero-order valence-corrected chi connectivity index (χ0v) is 22.0. The lowest BCUT2D eigenvalue weighted by Gasteiger charge is -2.17. The highest BCUT2D eigenvalue weighted by molar-refractivity contribution is 6.00. The highest BCUT2D eigenvalue weighted by atomic mass is 16.5. The molecule has 0 saturated heterocycles. The van der Waals surface area contributed by atoms with Crippen LogP contribution in [-0.2, 0) is 4.79 Å². The number of rotatable bonds is 12. The fraction of sp³-hybridized carbons (Fsp3) is 0.290. The van der Waals surface area contributed by atoms with Gasteiger partial charge >= 0.3 is 0 Å². The molecule has 4 aromatic rings. The summed E-state index contributed by atoms with van der Waals surface area (Å²) in [6.07, 6.45) is 4.17. The summed E-state index contributed by atoms with van der Waals surface area (Å²) in [6.45, 7) is 4.32. The number of nitrogens with one attached hydrogen (secondary N) is 2. The monoisotopic (exact) mass is 496 g/mol. The normalized spacial score (nSPS) is 11.9. The Balaban J connectivity index is 1.47. The molecule has 1 aromatic heterocycles. The Morgan fingerprint density at radius 3 is 2.43 bits per heavy atom. The molecule has 192 valence electrons. The quantitative estimate of drug-likeness (QED) is 0.193. The lowest BCUT2D eigenvalue weighted by atomic mass is 9.88. The Bertz CT molecular complexity index is 1320. The SMILES string of the molecule is CC/C(=C(/c1ccc(OCCNCCCC(=O)N(C)C)cc1)c1ccc2[nH]ncc2c1)c1ccccc1. The molecule has 0 fully saturated rings. The predicted octanol–water partition coefficient (Wildman–Crippen LogP) is 5.77. The van der Waals surface area contributed by atoms with Gasteiger partial charge in [-0.2, -0.15) is 5.10 Å². The number of ether oxygens (including phenoxy) is 1. The van der Waals surface area contributed by atoms with Crippen molar-refractivity contribution in [2.75, 3.05) is 33.8 Å². The van der Waals surface area contributed by atoms with Crippen LogP contribution in [0.5, 0.6) is 5.75 Å². The van der Waals surface area contributed by atoms with Crippen molar-refractivity contribution in [3.8, 4) is 5.75 Å². The van der Waals surface area contributed by atoms with Crippen LogP contribution in [0.2, 0.25) is 0 Å². The van der Waals surface area contributed by atoms with Crippen LogP contribution in [0.25, 0.3) is 22.0 Å². The molecule has 1 heterocycles. The number of hydrogen-bond acceptors (Lipinski definition) is 4. The van der Waals surface area contributed by atoms with Crippen LogP contribution in [-0.4, -0.2) is 54.8 Å². The van der Waals surface area contributed by atoms with E-state index in [4.69, 9.17) is 4.74 Å². The van der Waals surface area contributed by atoms with Gasteiger partial charge in [0.25, 0.3) is 0 Å². The van der Waals surface area contributed by atoms with E-state index in [0.717, 1.165) is 48.1 Å². The Morgan fingerprint density at radius 1 is 0.946 bits per heavy atom. The van der Waals surface area contributed by atoms with Gasteiger partial charge < -0.3 is 15.0 Å². The second kappa shape index (κ2) is 12.9. The number of nitrogens with zero attached hydrogens (tertiary/aromatic N) is 2. The third-order valence-electron chi connectivity index (χ3n) is 6.44. The van der Waals surface area contributed by atoms with Crippen molar-refractivity contribution >= 4 is 28.0 Å². The summed E-state index contributed by atoms with van der Waals surface area (Å²) >= 11 is 0. The van der Waals surface area contributed by atoms with Gasteiger partial charge in [-0.3, -0.25) is 9.89 Å². The van der Waals surface area contributed by atoms with E-state index < -0.39 is 0 Å². The summed E-state index contributed by atoms with van der Waals surface area (Å²) in [6, 6.07) is 25.4. The van der Waals surface area contributed by atoms with Gasteiger partial charge in [-0.15, -0.1) is 0 Å². The second-order valence-electron chi connectivity index (χ2n) is 9.26. The summed E-state index contributed by atoms with van der Waals surface area (Å²) in [5, 5.41) is 11.7. The van der Waals surface area contributed by atoms with Gasteiger partial charge in [0.15, 0.2) is 0 Å². The maximum Gasteiger partial charge on any atom is 0.222 e. The molecule has 0 radical (unpaired) electrons. The minimum absolute atomic E-state index is 0.162. The van der Waals surface area contributed by atoms with Gasteiger partial charge in [-0.05, 0) is 71.5 Å². The fourth-order valence-corrected chi connectivity index (χ4v) is 4.45. The minimum atomic E-state index is 0.162. The van der Waals surface area contributed by atoms with Crippen molar-refractivity contribution in [1.82, 2.24) is 20.4 Å². The number of hydrogen-bond donors (Lipinski definition) is 2. The van der Waals surface area contributed by atoms with Gasteiger partial charge in [-0.25, -0.2) is 0 Å². The van der Waals surface area contributed by atoms with Crippen molar-refractivity contribution in [1.29, 1.82) is 0 Å². The maximum atomic E-state index is 11.6. The van der Waals surface area contributed by atoms with Gasteiger partial charge in [0, 0.05) is 32.4 Å². The Morgan fingerprint density at radius 2 is 1.70 bits per heavy atom. The number of allylic oxidation sites excluding steroid dienone is 1. The molecule has 0 aliphatic rings. The number of aromatic amines is 1. The number of carbonyl (C=O) groups excluding carboxylic acids is 1. The summed E-state index contributed by atoms with van der Waals surface area (Å²) in [5.41, 5.74) is 7.10. The van der Waals surface area contributed by atoms with Crippen molar-refractivity contribution < 1.29 is 9.53 Å². The maximum absolute atomic E-state index is 11.6. The minimum Gasteiger partial charge on any atom is -0.492 e. The summed E-state index contributed by atoms with van der Waals surface area (Å²) in [5.74, 6) is 1.01. The van der Waals surface area contributed by atoms with Crippen molar-refractivity contribution in [2.24, 2.45) is 0 Å². The molecule has 4 rings (SSSR count). The van der Waals surface area contributed by atoms with Crippen LogP contribution in [0, 0.1) is 0 Å². The van der Waals surface area contributed by atoms with Crippen LogP contribution in [0.3, 0.4) is 0 Å². The van der Waals surface area contributed by atoms with Gasteiger partial charge in [0.2, 0.25) is 5.91 Å². The number of H-pyrrole nitrogens is 1. The molecule has 0 atom stereocenters. The van der Waals surface area contributed by atoms with Gasteiger partial charge in [0.05, 0.1) is 11.7 Å². The molecule has 6 heteroatoms. The van der Waals surface area contributed by atoms with Crippen LogP contribution in [0.4, 0.5) is 0 Å². The molecular formula is C31H36N4O2. The first-order chi connectivity index (χ1) is 18.1. The predicted molar refractivity (Wildman–Crippen MR) is 151 cm³/mol. The molecule has 0 aliphatic carbocycles. The first-order valence-corrected chi connectivity index (χ1v) is 12.9. The number of aromatic nitrogens is 2. The van der Waals surface area contributed by atoms with E-state index in [2.05, 4.69) is 83.1 Å². The highest BCUT2D eigenvalue weighted by Gasteiger charge is 2.14. The molecule has 2 N–H and O–H groups in total. The molecule has 1 amide bonds. The van der Waals surface area contributed by atoms with Crippen LogP contribution >= 0.6 is 0 Å². The third-order valence-corrected chi connectivity index (χ3v) is 6.44. The van der Waals surface area contributed by atoms with E-state index in [1.807, 2.05) is 18.3 Å². The molecule has 0 unspecified atom stereocenters. The van der Waals surface area contributed by atoms with E-state index in [-0.39, 0.29) is 5.91 Å². The highest BCUT2D eigenvalue weighted by Crippen LogP contribution is 2.36. The van der Waals surface area contributed by atoms with Gasteiger partial charge in [-0.1, -0.05) is 55.5 Å². The number of amides is 1. The number of fused-ring (bicyclic) bond motifs is 1. The first kappa shape index (κ1) is 26.2. The third kappa shape index (κ3) is 6.86. The topological polar surface area (TPSA) is 70.2 Å². The molecule has 0 saturated carbocycles. The number of benzene rings is 3. The zero-order valence-electron chi connectivity index (χ0n) is 22.0. The molecular weight excluding hydrogens is 460 g/mol. The van der Waals surface area contributed by atoms with Crippen LogP contribution in [0.15, 0.2) is 79.0 Å². The summed E-state index contributed by atoms with van der Waals surface area (Å²) < 4.78 is 5.96. The first-order valence-electron chi connectivity index (χ1n) is 12.9. The molecule has 0 aliphatic heterocycles. The summed E-state index contributed by atoms with van der Waals surface area (Å²) in [4.78, 5) is 13.3. The molecule has 0 bridgehead atoms. The average Bonchev–Trinajstić information content (AvgIpc) is 3.40. The van der Waals surface area contributed by atoms with Crippen LogP contribution in [0.1, 0.15) is 42.9 Å². The number of carbonyl (C=O) groups is 1. The van der Waals surface area contributed by atoms with Crippen molar-refractivity contribution in [3.05, 3.63) is 95.7 Å². The van der Waals surface area contributed by atoms with Crippen molar-refractivity contribution in [3.63, 3.8) is 0 Å².